The van der Waals surface area contributed by atoms with Crippen LogP contribution in [0.2, 0.25) is 0 Å². The molecule has 6 aliphatic rings. The number of hydrogen-bond donors (Lipinski definition) is 1. The Morgan fingerprint density at radius 2 is 1.72 bits per heavy atom. The molecule has 4 amide bonds. The molecule has 29 heavy (non-hydrogen) atoms. The number of nitrogens with zero attached hydrogens (tertiary/aromatic N) is 2. The zero-order chi connectivity index (χ0) is 19.8. The van der Waals surface area contributed by atoms with E-state index in [1.165, 1.54) is 38.8 Å². The first-order valence-corrected chi connectivity index (χ1v) is 12.0. The molecule has 154 valence electrons. The highest BCUT2D eigenvalue weighted by atomic mass is 32.1. The largest absolute Gasteiger partial charge is 0.339 e. The van der Waals surface area contributed by atoms with Gasteiger partial charge in [-0.25, -0.2) is 14.6 Å². The van der Waals surface area contributed by atoms with Crippen LogP contribution in [0.15, 0.2) is 17.5 Å². The number of rotatable bonds is 4. The summed E-state index contributed by atoms with van der Waals surface area (Å²) in [6.45, 7) is 1.25. The number of quaternary nitrogens is 1. The number of nitrogens with one attached hydrogen (secondary N) is 1. The van der Waals surface area contributed by atoms with Gasteiger partial charge in [-0.3, -0.25) is 9.59 Å². The number of amides is 4. The molecular formula is C22H28N3O3S+. The third kappa shape index (κ3) is 2.66. The molecule has 4 bridgehead atoms. The van der Waals surface area contributed by atoms with Crippen molar-refractivity contribution in [3.63, 3.8) is 0 Å². The monoisotopic (exact) mass is 414 g/mol. The van der Waals surface area contributed by atoms with Gasteiger partial charge in [-0.05, 0) is 67.7 Å². The number of urea groups is 1. The van der Waals surface area contributed by atoms with E-state index in [0.29, 0.717) is 30.5 Å². The zero-order valence-electron chi connectivity index (χ0n) is 16.6. The second kappa shape index (κ2) is 6.38. The molecule has 2 aliphatic heterocycles. The van der Waals surface area contributed by atoms with Gasteiger partial charge in [0.1, 0.15) is 6.04 Å². The minimum atomic E-state index is -0.602. The van der Waals surface area contributed by atoms with E-state index in [9.17, 15) is 14.4 Å². The Morgan fingerprint density at radius 3 is 2.34 bits per heavy atom. The third-order valence-electron chi connectivity index (χ3n) is 8.26. The molecule has 2 saturated heterocycles. The van der Waals surface area contributed by atoms with Gasteiger partial charge in [0.05, 0.1) is 17.0 Å². The second-order valence-corrected chi connectivity index (χ2v) is 11.1. The van der Waals surface area contributed by atoms with Crippen molar-refractivity contribution in [3.8, 4) is 0 Å². The number of likely N-dealkylation sites (tertiary alicyclic amines) is 1. The Hall–Kier alpha value is -1.73. The van der Waals surface area contributed by atoms with Gasteiger partial charge in [0.15, 0.2) is 6.67 Å². The lowest BCUT2D eigenvalue weighted by Gasteiger charge is -2.58. The molecule has 7 heteroatoms. The van der Waals surface area contributed by atoms with E-state index in [2.05, 4.69) is 17.5 Å². The van der Waals surface area contributed by atoms with E-state index >= 15 is 0 Å². The Kier molecular flexibility index (Phi) is 3.98. The SMILES string of the molecule is O=C1C(=O)N(C23CC4CC(CC(C4)C2)C3)C(=O)N1C[NH+]1CCC[C@H]1c1cccs1. The number of imide groups is 2. The Labute approximate surface area is 174 Å². The summed E-state index contributed by atoms with van der Waals surface area (Å²) < 4.78 is 0. The number of carbonyl (C=O) groups is 3. The van der Waals surface area contributed by atoms with E-state index in [1.54, 1.807) is 11.3 Å². The molecule has 6 nitrogen and oxygen atoms in total. The topological polar surface area (TPSA) is 62.1 Å². The van der Waals surface area contributed by atoms with Crippen LogP contribution in [0.25, 0.3) is 0 Å². The van der Waals surface area contributed by atoms with E-state index in [0.717, 1.165) is 38.6 Å². The maximum atomic E-state index is 13.4. The number of carbonyl (C=O) groups excluding carboxylic acids is 3. The third-order valence-corrected chi connectivity index (χ3v) is 9.25. The van der Waals surface area contributed by atoms with Crippen LogP contribution in [0.4, 0.5) is 4.79 Å². The number of thiophene rings is 1. The summed E-state index contributed by atoms with van der Waals surface area (Å²) >= 11 is 1.74. The van der Waals surface area contributed by atoms with Crippen molar-refractivity contribution >= 4 is 29.2 Å². The van der Waals surface area contributed by atoms with Crippen LogP contribution in [0.1, 0.15) is 62.3 Å². The Balaban J connectivity index is 1.25. The van der Waals surface area contributed by atoms with Gasteiger partial charge in [-0.15, -0.1) is 11.3 Å². The maximum absolute atomic E-state index is 13.4. The summed E-state index contributed by atoms with van der Waals surface area (Å²) in [6.07, 6.45) is 8.61. The predicted octanol–water partition coefficient (Wildman–Crippen LogP) is 2.18. The zero-order valence-corrected chi connectivity index (χ0v) is 17.5. The molecule has 4 aliphatic carbocycles. The van der Waals surface area contributed by atoms with Crippen molar-refractivity contribution < 1.29 is 19.3 Å². The Morgan fingerprint density at radius 1 is 1.03 bits per heavy atom. The molecule has 1 N–H and O–H groups in total. The van der Waals surface area contributed by atoms with Gasteiger partial charge in [0.25, 0.3) is 0 Å². The maximum Gasteiger partial charge on any atom is 0.339 e. The van der Waals surface area contributed by atoms with Crippen molar-refractivity contribution in [3.05, 3.63) is 22.4 Å². The minimum absolute atomic E-state index is 0.314. The average Bonchev–Trinajstić information content (AvgIpc) is 3.38. The van der Waals surface area contributed by atoms with Crippen molar-refractivity contribution in [2.45, 2.75) is 62.9 Å². The molecule has 6 fully saturated rings. The molecule has 1 unspecified atom stereocenters. The second-order valence-electron chi connectivity index (χ2n) is 10.1. The minimum Gasteiger partial charge on any atom is -0.310 e. The fourth-order valence-electron chi connectivity index (χ4n) is 7.54. The van der Waals surface area contributed by atoms with Gasteiger partial charge in [0, 0.05) is 12.8 Å². The van der Waals surface area contributed by atoms with Gasteiger partial charge in [0.2, 0.25) is 0 Å². The van der Waals surface area contributed by atoms with Crippen LogP contribution in [0.3, 0.4) is 0 Å². The van der Waals surface area contributed by atoms with Gasteiger partial charge in [-0.2, -0.15) is 0 Å². The molecule has 0 aromatic carbocycles. The normalized spacial score (nSPS) is 41.2. The molecule has 0 spiro atoms. The highest BCUT2D eigenvalue weighted by Crippen LogP contribution is 2.58. The number of hydrogen-bond acceptors (Lipinski definition) is 4. The summed E-state index contributed by atoms with van der Waals surface area (Å²) in [5, 5.41) is 2.08. The molecule has 0 radical (unpaired) electrons. The van der Waals surface area contributed by atoms with Crippen LogP contribution >= 0.6 is 11.3 Å². The molecule has 3 heterocycles. The van der Waals surface area contributed by atoms with E-state index in [1.807, 2.05) is 0 Å². The fraction of sp³-hybridized carbons (Fsp3) is 0.682. The molecule has 1 aromatic heterocycles. The van der Waals surface area contributed by atoms with E-state index in [4.69, 9.17) is 0 Å². The summed E-state index contributed by atoms with van der Waals surface area (Å²) in [6, 6.07) is 4.17. The molecule has 7 rings (SSSR count). The van der Waals surface area contributed by atoms with Crippen molar-refractivity contribution in [2.75, 3.05) is 13.2 Å². The van der Waals surface area contributed by atoms with Crippen molar-refractivity contribution in [2.24, 2.45) is 17.8 Å². The fourth-order valence-corrected chi connectivity index (χ4v) is 8.46. The van der Waals surface area contributed by atoms with Gasteiger partial charge < -0.3 is 4.90 Å². The van der Waals surface area contributed by atoms with Crippen molar-refractivity contribution in [1.82, 2.24) is 9.80 Å². The average molecular weight is 415 g/mol. The lowest BCUT2D eigenvalue weighted by molar-refractivity contribution is -0.925. The lowest BCUT2D eigenvalue weighted by Crippen LogP contribution is -3.12. The molecular weight excluding hydrogens is 386 g/mol. The highest BCUT2D eigenvalue weighted by molar-refractivity contribution is 7.10. The lowest BCUT2D eigenvalue weighted by atomic mass is 9.52. The van der Waals surface area contributed by atoms with Gasteiger partial charge >= 0.3 is 17.8 Å². The first-order chi connectivity index (χ1) is 14.0. The van der Waals surface area contributed by atoms with Crippen LogP contribution in [0, 0.1) is 17.8 Å². The van der Waals surface area contributed by atoms with Crippen molar-refractivity contribution in [1.29, 1.82) is 0 Å². The van der Waals surface area contributed by atoms with Crippen LogP contribution in [-0.2, 0) is 9.59 Å². The van der Waals surface area contributed by atoms with E-state index in [-0.39, 0.29) is 11.6 Å². The van der Waals surface area contributed by atoms with Crippen LogP contribution in [0.5, 0.6) is 0 Å². The van der Waals surface area contributed by atoms with Crippen LogP contribution < -0.4 is 4.90 Å². The summed E-state index contributed by atoms with van der Waals surface area (Å²) in [5.41, 5.74) is -0.388. The molecule has 2 atom stereocenters. The standard InChI is InChI=1S/C22H27N3O3S/c26-19-20(27)25(22-10-14-7-15(11-22)9-16(8-14)12-22)21(28)24(19)13-23-5-1-3-17(23)18-4-2-6-29-18/h2,4,6,14-17H,1,3,5,7-13H2/p+1/t14?,15?,16?,17-,22?/m0/s1. The molecule has 4 saturated carbocycles. The smallest absolute Gasteiger partial charge is 0.310 e. The predicted molar refractivity (Wildman–Crippen MR) is 107 cm³/mol. The molecule has 1 aromatic rings. The highest BCUT2D eigenvalue weighted by Gasteiger charge is 2.61. The summed E-state index contributed by atoms with van der Waals surface area (Å²) in [4.78, 5) is 44.6. The van der Waals surface area contributed by atoms with Crippen LogP contribution in [-0.4, -0.2) is 46.4 Å². The first kappa shape index (κ1) is 18.1. The first-order valence-electron chi connectivity index (χ1n) is 11.1. The van der Waals surface area contributed by atoms with Gasteiger partial charge in [-0.1, -0.05) is 6.07 Å². The summed E-state index contributed by atoms with van der Waals surface area (Å²) in [5.74, 6) is 0.702. The summed E-state index contributed by atoms with van der Waals surface area (Å²) in [7, 11) is 0. The quantitative estimate of drug-likeness (QED) is 0.607. The van der Waals surface area contributed by atoms with E-state index < -0.39 is 11.8 Å². The Bertz CT molecular complexity index is 831.